The maximum Gasteiger partial charge on any atom is 0.262 e. The second-order valence-corrected chi connectivity index (χ2v) is 10.0. The Bertz CT molecular complexity index is 1420. The highest BCUT2D eigenvalue weighted by Crippen LogP contribution is 2.31. The van der Waals surface area contributed by atoms with Crippen molar-refractivity contribution in [2.75, 3.05) is 25.0 Å². The molecule has 0 atom stereocenters. The average Bonchev–Trinajstić information content (AvgIpc) is 3.21. The summed E-state index contributed by atoms with van der Waals surface area (Å²) >= 11 is 0. The Morgan fingerprint density at radius 1 is 0.909 bits per heavy atom. The van der Waals surface area contributed by atoms with Gasteiger partial charge in [0.15, 0.2) is 6.61 Å². The molecule has 0 spiro atoms. The van der Waals surface area contributed by atoms with Crippen molar-refractivity contribution in [1.29, 1.82) is 0 Å². The summed E-state index contributed by atoms with van der Waals surface area (Å²) in [5.74, 6) is 0.172. The van der Waals surface area contributed by atoms with E-state index in [1.165, 1.54) is 10.4 Å². The summed E-state index contributed by atoms with van der Waals surface area (Å²) in [4.78, 5) is 12.6. The SMILES string of the molecule is O=C(COc1ccc2oc3ccccc3c2c1)Nc1cccc(S(=O)(=O)N2CCCCC2)c1. The molecule has 0 unspecified atom stereocenters. The quantitative estimate of drug-likeness (QED) is 0.444. The van der Waals surface area contributed by atoms with E-state index in [1.807, 2.05) is 36.4 Å². The van der Waals surface area contributed by atoms with Gasteiger partial charge in [-0.3, -0.25) is 4.79 Å². The van der Waals surface area contributed by atoms with Crippen LogP contribution in [0.3, 0.4) is 0 Å². The highest BCUT2D eigenvalue weighted by atomic mass is 32.2. The fourth-order valence-corrected chi connectivity index (χ4v) is 5.69. The molecule has 4 aromatic rings. The van der Waals surface area contributed by atoms with Gasteiger partial charge < -0.3 is 14.5 Å². The number of benzene rings is 3. The highest BCUT2D eigenvalue weighted by molar-refractivity contribution is 7.89. The summed E-state index contributed by atoms with van der Waals surface area (Å²) in [6.45, 7) is 0.858. The number of fused-ring (bicyclic) bond motifs is 3. The first kappa shape index (κ1) is 21.5. The molecule has 5 rings (SSSR count). The monoisotopic (exact) mass is 464 g/mol. The van der Waals surface area contributed by atoms with Crippen LogP contribution in [-0.2, 0) is 14.8 Å². The number of ether oxygens (including phenoxy) is 1. The van der Waals surface area contributed by atoms with Gasteiger partial charge in [0.1, 0.15) is 16.9 Å². The Hall–Kier alpha value is -3.36. The first-order chi connectivity index (χ1) is 16.0. The van der Waals surface area contributed by atoms with Crippen LogP contribution in [-0.4, -0.2) is 38.3 Å². The summed E-state index contributed by atoms with van der Waals surface area (Å²) < 4.78 is 38.8. The molecule has 0 bridgehead atoms. The normalized spacial score (nSPS) is 15.0. The fourth-order valence-electron chi connectivity index (χ4n) is 4.13. The smallest absolute Gasteiger partial charge is 0.262 e. The lowest BCUT2D eigenvalue weighted by atomic mass is 10.1. The molecule has 2 heterocycles. The van der Waals surface area contributed by atoms with Crippen LogP contribution in [0, 0.1) is 0 Å². The second-order valence-electron chi connectivity index (χ2n) is 8.09. The van der Waals surface area contributed by atoms with Gasteiger partial charge in [-0.25, -0.2) is 8.42 Å². The first-order valence-electron chi connectivity index (χ1n) is 10.9. The molecule has 7 nitrogen and oxygen atoms in total. The van der Waals surface area contributed by atoms with Gasteiger partial charge in [0.25, 0.3) is 5.91 Å². The Morgan fingerprint density at radius 3 is 2.55 bits per heavy atom. The van der Waals surface area contributed by atoms with Gasteiger partial charge in [-0.05, 0) is 55.3 Å². The molecule has 1 aliphatic heterocycles. The lowest BCUT2D eigenvalue weighted by molar-refractivity contribution is -0.118. The molecule has 3 aromatic carbocycles. The molecular formula is C25H24N2O5S. The van der Waals surface area contributed by atoms with Crippen molar-refractivity contribution in [3.05, 3.63) is 66.7 Å². The van der Waals surface area contributed by atoms with Crippen LogP contribution in [0.25, 0.3) is 21.9 Å². The van der Waals surface area contributed by atoms with E-state index in [9.17, 15) is 13.2 Å². The molecule has 0 aliphatic carbocycles. The molecule has 1 amide bonds. The Balaban J connectivity index is 1.26. The number of furan rings is 1. The molecule has 1 saturated heterocycles. The van der Waals surface area contributed by atoms with Gasteiger partial charge in [0, 0.05) is 29.5 Å². The maximum atomic E-state index is 12.9. The summed E-state index contributed by atoms with van der Waals surface area (Å²) in [5.41, 5.74) is 1.96. The Labute approximate surface area is 192 Å². The number of hydrogen-bond acceptors (Lipinski definition) is 5. The molecule has 170 valence electrons. The van der Waals surface area contributed by atoms with E-state index < -0.39 is 10.0 Å². The van der Waals surface area contributed by atoms with Gasteiger partial charge in [0.05, 0.1) is 4.90 Å². The van der Waals surface area contributed by atoms with Crippen molar-refractivity contribution in [2.24, 2.45) is 0 Å². The van der Waals surface area contributed by atoms with Crippen LogP contribution in [0.15, 0.2) is 76.0 Å². The van der Waals surface area contributed by atoms with Crippen molar-refractivity contribution < 1.29 is 22.4 Å². The van der Waals surface area contributed by atoms with Crippen molar-refractivity contribution in [1.82, 2.24) is 4.31 Å². The number of carbonyl (C=O) groups is 1. The minimum absolute atomic E-state index is 0.181. The van der Waals surface area contributed by atoms with Crippen molar-refractivity contribution in [3.63, 3.8) is 0 Å². The Morgan fingerprint density at radius 2 is 1.70 bits per heavy atom. The van der Waals surface area contributed by atoms with Crippen LogP contribution in [0.2, 0.25) is 0 Å². The molecule has 0 radical (unpaired) electrons. The number of hydrogen-bond donors (Lipinski definition) is 1. The van der Waals surface area contributed by atoms with Crippen LogP contribution < -0.4 is 10.1 Å². The predicted molar refractivity (Wildman–Crippen MR) is 127 cm³/mol. The number of nitrogens with zero attached hydrogens (tertiary/aromatic N) is 1. The first-order valence-corrected chi connectivity index (χ1v) is 12.4. The fraction of sp³-hybridized carbons (Fsp3) is 0.240. The van der Waals surface area contributed by atoms with E-state index in [0.29, 0.717) is 24.5 Å². The zero-order valence-electron chi connectivity index (χ0n) is 18.0. The summed E-state index contributed by atoms with van der Waals surface area (Å²) in [7, 11) is -3.57. The molecule has 0 saturated carbocycles. The summed E-state index contributed by atoms with van der Waals surface area (Å²) in [6, 6.07) is 19.5. The lowest BCUT2D eigenvalue weighted by Crippen LogP contribution is -2.35. The predicted octanol–water partition coefficient (Wildman–Crippen LogP) is 4.78. The average molecular weight is 465 g/mol. The topological polar surface area (TPSA) is 88.8 Å². The number of amides is 1. The standard InChI is InChI=1S/C25H24N2O5S/c28-25(17-31-19-11-12-24-22(16-19)21-9-2-3-10-23(21)32-24)26-18-7-6-8-20(15-18)33(29,30)27-13-4-1-5-14-27/h2-3,6-12,15-16H,1,4-5,13-14,17H2,(H,26,28). The summed E-state index contributed by atoms with van der Waals surface area (Å²) in [5, 5.41) is 4.62. The number of anilines is 1. The van der Waals surface area contributed by atoms with E-state index in [1.54, 1.807) is 24.3 Å². The highest BCUT2D eigenvalue weighted by Gasteiger charge is 2.26. The zero-order chi connectivity index (χ0) is 22.8. The number of sulfonamides is 1. The van der Waals surface area contributed by atoms with E-state index in [-0.39, 0.29) is 17.4 Å². The molecule has 33 heavy (non-hydrogen) atoms. The van der Waals surface area contributed by atoms with Crippen LogP contribution >= 0.6 is 0 Å². The van der Waals surface area contributed by atoms with Gasteiger partial charge in [-0.1, -0.05) is 30.7 Å². The Kier molecular flexibility index (Phi) is 5.78. The van der Waals surface area contributed by atoms with E-state index >= 15 is 0 Å². The maximum absolute atomic E-state index is 12.9. The minimum atomic E-state index is -3.57. The molecule has 1 aromatic heterocycles. The van der Waals surface area contributed by atoms with E-state index in [2.05, 4.69) is 5.32 Å². The number of nitrogens with one attached hydrogen (secondary N) is 1. The van der Waals surface area contributed by atoms with Crippen molar-refractivity contribution >= 4 is 43.6 Å². The van der Waals surface area contributed by atoms with Crippen molar-refractivity contribution in [3.8, 4) is 5.75 Å². The third kappa shape index (κ3) is 4.44. The largest absolute Gasteiger partial charge is 0.484 e. The van der Waals surface area contributed by atoms with Crippen molar-refractivity contribution in [2.45, 2.75) is 24.2 Å². The lowest BCUT2D eigenvalue weighted by Gasteiger charge is -2.26. The van der Waals surface area contributed by atoms with Gasteiger partial charge in [0.2, 0.25) is 10.0 Å². The van der Waals surface area contributed by atoms with Crippen LogP contribution in [0.5, 0.6) is 5.75 Å². The van der Waals surface area contributed by atoms with Crippen LogP contribution in [0.4, 0.5) is 5.69 Å². The zero-order valence-corrected chi connectivity index (χ0v) is 18.8. The third-order valence-corrected chi connectivity index (χ3v) is 7.68. The number of piperidine rings is 1. The van der Waals surface area contributed by atoms with E-state index in [0.717, 1.165) is 41.2 Å². The van der Waals surface area contributed by atoms with Gasteiger partial charge in [-0.2, -0.15) is 4.31 Å². The van der Waals surface area contributed by atoms with E-state index in [4.69, 9.17) is 9.15 Å². The second kappa shape index (κ2) is 8.88. The minimum Gasteiger partial charge on any atom is -0.484 e. The third-order valence-electron chi connectivity index (χ3n) is 5.79. The molecule has 1 fully saturated rings. The molecule has 1 aliphatic rings. The van der Waals surface area contributed by atoms with Crippen LogP contribution in [0.1, 0.15) is 19.3 Å². The number of para-hydroxylation sites is 1. The number of rotatable bonds is 6. The number of carbonyl (C=O) groups excluding carboxylic acids is 1. The van der Waals surface area contributed by atoms with Gasteiger partial charge in [-0.15, -0.1) is 0 Å². The molecule has 8 heteroatoms. The van der Waals surface area contributed by atoms with Gasteiger partial charge >= 0.3 is 0 Å². The molecule has 1 N–H and O–H groups in total. The molecular weight excluding hydrogens is 440 g/mol. The summed E-state index contributed by atoms with van der Waals surface area (Å²) in [6.07, 6.45) is 2.78.